The van der Waals surface area contributed by atoms with E-state index in [1.54, 1.807) is 0 Å². The third-order valence-electron chi connectivity index (χ3n) is 4.09. The zero-order chi connectivity index (χ0) is 16.9. The van der Waals surface area contributed by atoms with Gasteiger partial charge in [-0.05, 0) is 24.5 Å². The van der Waals surface area contributed by atoms with Crippen molar-refractivity contribution in [3.05, 3.63) is 41.9 Å². The predicted octanol–water partition coefficient (Wildman–Crippen LogP) is 2.62. The van der Waals surface area contributed by atoms with Crippen molar-refractivity contribution in [1.82, 2.24) is 15.0 Å². The second-order valence-corrected chi connectivity index (χ2v) is 6.67. The molecule has 6 heteroatoms. The maximum Gasteiger partial charge on any atom is 0.222 e. The van der Waals surface area contributed by atoms with Crippen molar-refractivity contribution in [1.29, 1.82) is 0 Å². The summed E-state index contributed by atoms with van der Waals surface area (Å²) in [5.74, 6) is 2.00. The highest BCUT2D eigenvalue weighted by atomic mass is 16.5. The molecule has 3 heterocycles. The maximum absolute atomic E-state index is 5.98. The van der Waals surface area contributed by atoms with E-state index < -0.39 is 0 Å². The van der Waals surface area contributed by atoms with E-state index in [-0.39, 0.29) is 0 Å². The molecule has 1 saturated heterocycles. The van der Waals surface area contributed by atoms with Crippen molar-refractivity contribution in [3.63, 3.8) is 0 Å². The largest absolute Gasteiger partial charge is 0.381 e. The van der Waals surface area contributed by atoms with E-state index in [2.05, 4.69) is 39.8 Å². The Bertz CT molecular complexity index is 656. The zero-order valence-corrected chi connectivity index (χ0v) is 14.4. The molecular formula is C18H25N5O. The smallest absolute Gasteiger partial charge is 0.222 e. The van der Waals surface area contributed by atoms with Gasteiger partial charge in [0.05, 0.1) is 24.5 Å². The topological polar surface area (TPSA) is 77.2 Å². The fourth-order valence-electron chi connectivity index (χ4n) is 2.98. The van der Waals surface area contributed by atoms with E-state index in [0.29, 0.717) is 30.9 Å². The molecule has 1 aliphatic heterocycles. The lowest BCUT2D eigenvalue weighted by molar-refractivity contribution is 0.193. The van der Waals surface area contributed by atoms with Crippen LogP contribution in [-0.2, 0) is 11.3 Å². The van der Waals surface area contributed by atoms with Crippen LogP contribution in [0.2, 0.25) is 0 Å². The first-order chi connectivity index (χ1) is 11.6. The Morgan fingerprint density at radius 3 is 2.88 bits per heavy atom. The molecule has 6 nitrogen and oxygen atoms in total. The van der Waals surface area contributed by atoms with Gasteiger partial charge in [-0.3, -0.25) is 4.98 Å². The van der Waals surface area contributed by atoms with Crippen molar-refractivity contribution >= 4 is 11.8 Å². The van der Waals surface area contributed by atoms with E-state index >= 15 is 0 Å². The van der Waals surface area contributed by atoms with Crippen LogP contribution in [0.3, 0.4) is 0 Å². The highest BCUT2D eigenvalue weighted by Crippen LogP contribution is 2.27. The zero-order valence-electron chi connectivity index (χ0n) is 14.4. The number of pyridine rings is 1. The van der Waals surface area contributed by atoms with E-state index in [9.17, 15) is 0 Å². The van der Waals surface area contributed by atoms with Gasteiger partial charge in [0.1, 0.15) is 5.82 Å². The van der Waals surface area contributed by atoms with Gasteiger partial charge >= 0.3 is 0 Å². The Morgan fingerprint density at radius 2 is 2.21 bits per heavy atom. The standard InChI is InChI=1S/C18H25N5O/c1-13(2)10-23(11-15-5-3-4-7-20-15)17-9-16(21-18(19)22-17)14-6-8-24-12-14/h3-5,7,9,13-14H,6,8,10-12H2,1-2H3,(H2,19,21,22)/t14-/m1/s1. The van der Waals surface area contributed by atoms with Crippen LogP contribution in [0, 0.1) is 5.92 Å². The lowest BCUT2D eigenvalue weighted by atomic mass is 10.0. The van der Waals surface area contributed by atoms with Gasteiger partial charge in [0.2, 0.25) is 5.95 Å². The van der Waals surface area contributed by atoms with Crippen LogP contribution < -0.4 is 10.6 Å². The second-order valence-electron chi connectivity index (χ2n) is 6.67. The average Bonchev–Trinajstić information content (AvgIpc) is 3.09. The quantitative estimate of drug-likeness (QED) is 0.879. The predicted molar refractivity (Wildman–Crippen MR) is 94.7 cm³/mol. The summed E-state index contributed by atoms with van der Waals surface area (Å²) < 4.78 is 5.49. The Labute approximate surface area is 143 Å². The number of ether oxygens (including phenoxy) is 1. The monoisotopic (exact) mass is 327 g/mol. The van der Waals surface area contributed by atoms with Crippen LogP contribution in [0.4, 0.5) is 11.8 Å². The number of rotatable bonds is 6. The number of nitrogens with two attached hydrogens (primary N) is 1. The van der Waals surface area contributed by atoms with E-state index in [1.165, 1.54) is 0 Å². The van der Waals surface area contributed by atoms with E-state index in [0.717, 1.165) is 36.8 Å². The SMILES string of the molecule is CC(C)CN(Cc1ccccn1)c1cc([C@@H]2CCOC2)nc(N)n1. The number of aromatic nitrogens is 3. The summed E-state index contributed by atoms with van der Waals surface area (Å²) in [6.07, 6.45) is 2.80. The fraction of sp³-hybridized carbons (Fsp3) is 0.500. The molecule has 0 aromatic carbocycles. The highest BCUT2D eigenvalue weighted by molar-refractivity contribution is 5.45. The molecule has 2 N–H and O–H groups in total. The van der Waals surface area contributed by atoms with Gasteiger partial charge in [0.25, 0.3) is 0 Å². The second kappa shape index (κ2) is 7.57. The summed E-state index contributed by atoms with van der Waals surface area (Å²) in [5.41, 5.74) is 7.98. The van der Waals surface area contributed by atoms with Crippen LogP contribution in [0.15, 0.2) is 30.5 Å². The van der Waals surface area contributed by atoms with Gasteiger partial charge < -0.3 is 15.4 Å². The summed E-state index contributed by atoms with van der Waals surface area (Å²) in [6.45, 7) is 7.47. The minimum atomic E-state index is 0.310. The van der Waals surface area contributed by atoms with Crippen molar-refractivity contribution in [2.75, 3.05) is 30.4 Å². The number of nitrogens with zero attached hydrogens (tertiary/aromatic N) is 4. The molecule has 0 aliphatic carbocycles. The Kier molecular flexibility index (Phi) is 5.25. The molecule has 24 heavy (non-hydrogen) atoms. The summed E-state index contributed by atoms with van der Waals surface area (Å²) in [4.78, 5) is 15.6. The Balaban J connectivity index is 1.88. The first kappa shape index (κ1) is 16.6. The number of hydrogen-bond acceptors (Lipinski definition) is 6. The maximum atomic E-state index is 5.98. The Hall–Kier alpha value is -2.21. The fourth-order valence-corrected chi connectivity index (χ4v) is 2.98. The molecule has 0 bridgehead atoms. The molecule has 2 aromatic rings. The van der Waals surface area contributed by atoms with Crippen molar-refractivity contribution in [3.8, 4) is 0 Å². The van der Waals surface area contributed by atoms with Crippen LogP contribution in [0.25, 0.3) is 0 Å². The average molecular weight is 327 g/mol. The molecule has 3 rings (SSSR count). The highest BCUT2D eigenvalue weighted by Gasteiger charge is 2.22. The molecular weight excluding hydrogens is 302 g/mol. The first-order valence-corrected chi connectivity index (χ1v) is 8.49. The number of nitrogen functional groups attached to an aromatic ring is 1. The molecule has 0 saturated carbocycles. The minimum absolute atomic E-state index is 0.310. The lowest BCUT2D eigenvalue weighted by Crippen LogP contribution is -2.29. The molecule has 0 spiro atoms. The minimum Gasteiger partial charge on any atom is -0.381 e. The van der Waals surface area contributed by atoms with Gasteiger partial charge in [-0.2, -0.15) is 4.98 Å². The van der Waals surface area contributed by atoms with Crippen molar-refractivity contribution < 1.29 is 4.74 Å². The van der Waals surface area contributed by atoms with Gasteiger partial charge in [0, 0.05) is 31.3 Å². The van der Waals surface area contributed by atoms with Crippen LogP contribution in [0.1, 0.15) is 37.6 Å². The molecule has 0 unspecified atom stereocenters. The van der Waals surface area contributed by atoms with Gasteiger partial charge in [-0.25, -0.2) is 4.98 Å². The van der Waals surface area contributed by atoms with E-state index in [1.807, 2.05) is 24.4 Å². The van der Waals surface area contributed by atoms with Crippen LogP contribution in [0.5, 0.6) is 0 Å². The Morgan fingerprint density at radius 1 is 1.33 bits per heavy atom. The number of anilines is 2. The normalized spacial score (nSPS) is 17.4. The van der Waals surface area contributed by atoms with Gasteiger partial charge in [0.15, 0.2) is 0 Å². The van der Waals surface area contributed by atoms with Gasteiger partial charge in [-0.1, -0.05) is 19.9 Å². The molecule has 0 amide bonds. The summed E-state index contributed by atoms with van der Waals surface area (Å²) >= 11 is 0. The molecule has 0 radical (unpaired) electrons. The first-order valence-electron chi connectivity index (χ1n) is 8.49. The van der Waals surface area contributed by atoms with Gasteiger partial charge in [-0.15, -0.1) is 0 Å². The third-order valence-corrected chi connectivity index (χ3v) is 4.09. The lowest BCUT2D eigenvalue weighted by Gasteiger charge is -2.26. The molecule has 128 valence electrons. The third kappa shape index (κ3) is 4.20. The van der Waals surface area contributed by atoms with Crippen molar-refractivity contribution in [2.45, 2.75) is 32.7 Å². The molecule has 1 fully saturated rings. The summed E-state index contributed by atoms with van der Waals surface area (Å²) in [6, 6.07) is 8.02. The van der Waals surface area contributed by atoms with E-state index in [4.69, 9.17) is 10.5 Å². The summed E-state index contributed by atoms with van der Waals surface area (Å²) in [5, 5.41) is 0. The summed E-state index contributed by atoms with van der Waals surface area (Å²) in [7, 11) is 0. The molecule has 1 aliphatic rings. The molecule has 2 aromatic heterocycles. The van der Waals surface area contributed by atoms with Crippen molar-refractivity contribution in [2.24, 2.45) is 5.92 Å². The number of hydrogen-bond donors (Lipinski definition) is 1. The van der Waals surface area contributed by atoms with Crippen LogP contribution >= 0.6 is 0 Å². The molecule has 1 atom stereocenters. The van der Waals surface area contributed by atoms with Crippen LogP contribution in [-0.4, -0.2) is 34.7 Å².